The van der Waals surface area contributed by atoms with Crippen molar-refractivity contribution in [1.29, 1.82) is 0 Å². The van der Waals surface area contributed by atoms with Gasteiger partial charge in [0, 0.05) is 6.04 Å². The molecule has 0 radical (unpaired) electrons. The SMILES string of the molecule is CC(C)NS(=O)(=O)Cc1ccc(NO)cc1. The van der Waals surface area contributed by atoms with Gasteiger partial charge in [0.25, 0.3) is 0 Å². The fourth-order valence-electron chi connectivity index (χ4n) is 1.30. The lowest BCUT2D eigenvalue weighted by Gasteiger charge is -2.09. The van der Waals surface area contributed by atoms with Gasteiger partial charge in [0.2, 0.25) is 10.0 Å². The summed E-state index contributed by atoms with van der Waals surface area (Å²) in [5.41, 5.74) is 3.18. The maximum Gasteiger partial charge on any atom is 0.216 e. The van der Waals surface area contributed by atoms with E-state index in [1.165, 1.54) is 0 Å². The van der Waals surface area contributed by atoms with Gasteiger partial charge < -0.3 is 0 Å². The number of anilines is 1. The van der Waals surface area contributed by atoms with Crippen molar-refractivity contribution in [1.82, 2.24) is 4.72 Å². The highest BCUT2D eigenvalue weighted by atomic mass is 32.2. The van der Waals surface area contributed by atoms with Gasteiger partial charge in [-0.3, -0.25) is 10.7 Å². The van der Waals surface area contributed by atoms with Crippen LogP contribution in [0.15, 0.2) is 24.3 Å². The molecule has 0 aliphatic heterocycles. The van der Waals surface area contributed by atoms with Crippen LogP contribution in [0.2, 0.25) is 0 Å². The smallest absolute Gasteiger partial charge is 0.216 e. The van der Waals surface area contributed by atoms with E-state index in [-0.39, 0.29) is 11.8 Å². The topological polar surface area (TPSA) is 78.4 Å². The highest BCUT2D eigenvalue weighted by Crippen LogP contribution is 2.11. The van der Waals surface area contributed by atoms with Crippen LogP contribution in [0.5, 0.6) is 0 Å². The molecular weight excluding hydrogens is 228 g/mol. The van der Waals surface area contributed by atoms with E-state index in [0.29, 0.717) is 11.3 Å². The van der Waals surface area contributed by atoms with E-state index in [0.717, 1.165) is 0 Å². The summed E-state index contributed by atoms with van der Waals surface area (Å²) >= 11 is 0. The number of benzene rings is 1. The van der Waals surface area contributed by atoms with Crippen LogP contribution >= 0.6 is 0 Å². The standard InChI is InChI=1S/C10H16N2O3S/c1-8(2)12-16(14,15)7-9-3-5-10(11-13)6-4-9/h3-6,8,11-13H,7H2,1-2H3. The Bertz CT molecular complexity index is 426. The molecule has 16 heavy (non-hydrogen) atoms. The van der Waals surface area contributed by atoms with Crippen LogP contribution in [0.1, 0.15) is 19.4 Å². The van der Waals surface area contributed by atoms with E-state index < -0.39 is 10.0 Å². The largest absolute Gasteiger partial charge is 0.291 e. The minimum absolute atomic E-state index is 0.0586. The first-order valence-electron chi connectivity index (χ1n) is 4.92. The summed E-state index contributed by atoms with van der Waals surface area (Å²) in [4.78, 5) is 0. The Morgan fingerprint density at radius 1 is 1.25 bits per heavy atom. The van der Waals surface area contributed by atoms with Gasteiger partial charge in [-0.25, -0.2) is 13.1 Å². The van der Waals surface area contributed by atoms with Gasteiger partial charge in [-0.15, -0.1) is 0 Å². The molecule has 0 aliphatic carbocycles. The molecule has 0 aliphatic rings. The van der Waals surface area contributed by atoms with E-state index in [1.807, 2.05) is 5.48 Å². The van der Waals surface area contributed by atoms with E-state index in [2.05, 4.69) is 4.72 Å². The van der Waals surface area contributed by atoms with Crippen molar-refractivity contribution in [3.05, 3.63) is 29.8 Å². The van der Waals surface area contributed by atoms with Crippen molar-refractivity contribution in [3.63, 3.8) is 0 Å². The van der Waals surface area contributed by atoms with E-state index in [1.54, 1.807) is 38.1 Å². The zero-order valence-corrected chi connectivity index (χ0v) is 10.1. The molecule has 0 fully saturated rings. The molecule has 0 heterocycles. The predicted molar refractivity (Wildman–Crippen MR) is 62.7 cm³/mol. The highest BCUT2D eigenvalue weighted by Gasteiger charge is 2.12. The summed E-state index contributed by atoms with van der Waals surface area (Å²) in [6.07, 6.45) is 0. The minimum atomic E-state index is -3.29. The maximum absolute atomic E-state index is 11.6. The molecule has 1 aromatic carbocycles. The highest BCUT2D eigenvalue weighted by molar-refractivity contribution is 7.88. The third kappa shape index (κ3) is 4.18. The molecule has 5 nitrogen and oxygen atoms in total. The van der Waals surface area contributed by atoms with Crippen LogP contribution in [-0.2, 0) is 15.8 Å². The van der Waals surface area contributed by atoms with Gasteiger partial charge >= 0.3 is 0 Å². The molecule has 1 rings (SSSR count). The van der Waals surface area contributed by atoms with Crippen LogP contribution in [0.4, 0.5) is 5.69 Å². The van der Waals surface area contributed by atoms with Crippen molar-refractivity contribution in [3.8, 4) is 0 Å². The fourth-order valence-corrected chi connectivity index (χ4v) is 2.73. The second-order valence-electron chi connectivity index (χ2n) is 3.84. The molecule has 6 heteroatoms. The van der Waals surface area contributed by atoms with Crippen molar-refractivity contribution < 1.29 is 13.6 Å². The van der Waals surface area contributed by atoms with Crippen LogP contribution in [0, 0.1) is 0 Å². The van der Waals surface area contributed by atoms with Gasteiger partial charge in [0.1, 0.15) is 0 Å². The fraction of sp³-hybridized carbons (Fsp3) is 0.400. The monoisotopic (exact) mass is 244 g/mol. The van der Waals surface area contributed by atoms with Gasteiger partial charge in [-0.05, 0) is 31.5 Å². The molecule has 90 valence electrons. The summed E-state index contributed by atoms with van der Waals surface area (Å²) in [6, 6.07) is 6.42. The number of nitrogens with one attached hydrogen (secondary N) is 2. The quantitative estimate of drug-likeness (QED) is 0.682. The molecule has 0 unspecified atom stereocenters. The molecule has 0 saturated carbocycles. The molecule has 0 atom stereocenters. The van der Waals surface area contributed by atoms with Crippen molar-refractivity contribution in [2.24, 2.45) is 0 Å². The van der Waals surface area contributed by atoms with Crippen LogP contribution in [-0.4, -0.2) is 19.7 Å². The van der Waals surface area contributed by atoms with Gasteiger partial charge in [-0.1, -0.05) is 12.1 Å². The van der Waals surface area contributed by atoms with Crippen molar-refractivity contribution >= 4 is 15.7 Å². The molecule has 1 aromatic rings. The Labute approximate surface area is 95.5 Å². The summed E-state index contributed by atoms with van der Waals surface area (Å²) in [6.45, 7) is 3.55. The Kier molecular flexibility index (Phi) is 4.28. The number of hydrogen-bond donors (Lipinski definition) is 3. The Balaban J connectivity index is 2.72. The zero-order valence-electron chi connectivity index (χ0n) is 9.27. The summed E-state index contributed by atoms with van der Waals surface area (Å²) in [5, 5.41) is 8.60. The minimum Gasteiger partial charge on any atom is -0.291 e. The number of rotatable bonds is 5. The van der Waals surface area contributed by atoms with Crippen LogP contribution in [0.3, 0.4) is 0 Å². The summed E-state index contributed by atoms with van der Waals surface area (Å²) in [5.74, 6) is -0.0586. The Morgan fingerprint density at radius 2 is 1.81 bits per heavy atom. The molecule has 0 spiro atoms. The third-order valence-electron chi connectivity index (χ3n) is 1.85. The number of hydrogen-bond acceptors (Lipinski definition) is 4. The predicted octanol–water partition coefficient (Wildman–Crippen LogP) is 1.32. The lowest BCUT2D eigenvalue weighted by atomic mass is 10.2. The zero-order chi connectivity index (χ0) is 12.2. The van der Waals surface area contributed by atoms with E-state index in [4.69, 9.17) is 5.21 Å². The lowest BCUT2D eigenvalue weighted by Crippen LogP contribution is -2.31. The molecule has 0 saturated heterocycles. The normalized spacial score (nSPS) is 11.8. The lowest BCUT2D eigenvalue weighted by molar-refractivity contribution is 0.389. The molecule has 0 amide bonds. The molecular formula is C10H16N2O3S. The first-order chi connectivity index (χ1) is 7.43. The van der Waals surface area contributed by atoms with Crippen molar-refractivity contribution in [2.45, 2.75) is 25.6 Å². The average Bonchev–Trinajstić information content (AvgIpc) is 2.16. The van der Waals surface area contributed by atoms with Crippen LogP contribution < -0.4 is 10.2 Å². The average molecular weight is 244 g/mol. The third-order valence-corrected chi connectivity index (χ3v) is 3.40. The summed E-state index contributed by atoms with van der Waals surface area (Å²) < 4.78 is 25.7. The first kappa shape index (κ1) is 13.0. The Hall–Kier alpha value is -1.11. The van der Waals surface area contributed by atoms with Gasteiger partial charge in [0.15, 0.2) is 0 Å². The van der Waals surface area contributed by atoms with E-state index >= 15 is 0 Å². The van der Waals surface area contributed by atoms with Gasteiger partial charge in [0.05, 0.1) is 11.4 Å². The summed E-state index contributed by atoms with van der Waals surface area (Å²) in [7, 11) is -3.29. The molecule has 0 bridgehead atoms. The maximum atomic E-state index is 11.6. The van der Waals surface area contributed by atoms with Crippen molar-refractivity contribution in [2.75, 3.05) is 5.48 Å². The number of sulfonamides is 1. The van der Waals surface area contributed by atoms with Gasteiger partial charge in [-0.2, -0.15) is 0 Å². The van der Waals surface area contributed by atoms with Crippen LogP contribution in [0.25, 0.3) is 0 Å². The first-order valence-corrected chi connectivity index (χ1v) is 6.57. The van der Waals surface area contributed by atoms with E-state index in [9.17, 15) is 8.42 Å². The second-order valence-corrected chi connectivity index (χ2v) is 5.59. The Morgan fingerprint density at radius 3 is 2.25 bits per heavy atom. The molecule has 3 N–H and O–H groups in total. The second kappa shape index (κ2) is 5.29. The molecule has 0 aromatic heterocycles.